The van der Waals surface area contributed by atoms with Crippen molar-refractivity contribution < 1.29 is 14.6 Å². The van der Waals surface area contributed by atoms with Gasteiger partial charge in [0.05, 0.1) is 20.8 Å². The summed E-state index contributed by atoms with van der Waals surface area (Å²) in [6, 6.07) is 16.7. The van der Waals surface area contributed by atoms with Crippen molar-refractivity contribution >= 4 is 0 Å². The molecule has 2 aliphatic heterocycles. The average molecular weight is 397 g/mol. The molecule has 2 aromatic rings. The lowest BCUT2D eigenvalue weighted by molar-refractivity contribution is 0.0159. The Kier molecular flexibility index (Phi) is 6.09. The molecule has 0 bridgehead atoms. The lowest BCUT2D eigenvalue weighted by Crippen LogP contribution is -2.48. The number of ether oxygens (including phenoxy) is 2. The smallest absolute Gasteiger partial charge is 0.122 e. The number of likely N-dealkylation sites (tertiary alicyclic amines) is 2. The highest BCUT2D eigenvalue weighted by Crippen LogP contribution is 2.43. The van der Waals surface area contributed by atoms with E-state index in [2.05, 4.69) is 52.3 Å². The van der Waals surface area contributed by atoms with Gasteiger partial charge >= 0.3 is 0 Å². The van der Waals surface area contributed by atoms with Crippen molar-refractivity contribution in [2.75, 3.05) is 47.0 Å². The van der Waals surface area contributed by atoms with Crippen molar-refractivity contribution in [3.8, 4) is 11.5 Å². The predicted octanol–water partition coefficient (Wildman–Crippen LogP) is 3.02. The van der Waals surface area contributed by atoms with Gasteiger partial charge in [-0.2, -0.15) is 0 Å². The quantitative estimate of drug-likeness (QED) is 0.780. The van der Waals surface area contributed by atoms with Crippen LogP contribution in [0.4, 0.5) is 0 Å². The standard InChI is InChI=1S/C24H32N2O3/c1-28-22-10-20(11-23(12-22)29-2)14-25-9-8-24(18-27)17-26(16-21(24)15-25)13-19-6-4-3-5-7-19/h3-7,10-12,21,27H,8-9,13-18H2,1-2H3/t21-,24+/m0/s1. The topological polar surface area (TPSA) is 45.2 Å². The van der Waals surface area contributed by atoms with Crippen LogP contribution in [0.5, 0.6) is 11.5 Å². The Labute approximate surface area is 173 Å². The van der Waals surface area contributed by atoms with E-state index >= 15 is 0 Å². The molecule has 0 radical (unpaired) electrons. The molecule has 156 valence electrons. The summed E-state index contributed by atoms with van der Waals surface area (Å²) in [6.07, 6.45) is 1.04. The maximum Gasteiger partial charge on any atom is 0.122 e. The Bertz CT molecular complexity index is 791. The minimum atomic E-state index is 0.0390. The van der Waals surface area contributed by atoms with E-state index in [9.17, 15) is 5.11 Å². The van der Waals surface area contributed by atoms with Gasteiger partial charge in [-0.3, -0.25) is 9.80 Å². The van der Waals surface area contributed by atoms with Crippen molar-refractivity contribution in [1.29, 1.82) is 0 Å². The summed E-state index contributed by atoms with van der Waals surface area (Å²) in [4.78, 5) is 5.03. The molecular weight excluding hydrogens is 364 g/mol. The van der Waals surface area contributed by atoms with Crippen LogP contribution in [0.15, 0.2) is 48.5 Å². The van der Waals surface area contributed by atoms with Gasteiger partial charge in [0.2, 0.25) is 0 Å². The summed E-state index contributed by atoms with van der Waals surface area (Å²) in [5, 5.41) is 10.3. The van der Waals surface area contributed by atoms with Crippen LogP contribution >= 0.6 is 0 Å². The van der Waals surface area contributed by atoms with E-state index < -0.39 is 0 Å². The first-order chi connectivity index (χ1) is 14.1. The maximum absolute atomic E-state index is 10.3. The van der Waals surface area contributed by atoms with Crippen LogP contribution in [0.3, 0.4) is 0 Å². The van der Waals surface area contributed by atoms with Gasteiger partial charge < -0.3 is 14.6 Å². The Balaban J connectivity index is 1.43. The van der Waals surface area contributed by atoms with Gasteiger partial charge in [0, 0.05) is 44.2 Å². The van der Waals surface area contributed by atoms with Crippen molar-refractivity contribution in [2.24, 2.45) is 11.3 Å². The van der Waals surface area contributed by atoms with Crippen molar-refractivity contribution in [3.05, 3.63) is 59.7 Å². The SMILES string of the molecule is COc1cc(CN2CC[C@]3(CO)CN(Cc4ccccc4)C[C@@H]3C2)cc(OC)c1. The minimum Gasteiger partial charge on any atom is -0.497 e. The van der Waals surface area contributed by atoms with E-state index in [1.54, 1.807) is 14.2 Å². The van der Waals surface area contributed by atoms with E-state index in [1.807, 2.05) is 6.07 Å². The van der Waals surface area contributed by atoms with Crippen molar-refractivity contribution in [3.63, 3.8) is 0 Å². The number of aliphatic hydroxyl groups excluding tert-OH is 1. The molecule has 2 heterocycles. The Morgan fingerprint density at radius 3 is 2.24 bits per heavy atom. The van der Waals surface area contributed by atoms with Crippen LogP contribution in [0.25, 0.3) is 0 Å². The highest BCUT2D eigenvalue weighted by molar-refractivity contribution is 5.38. The molecule has 2 fully saturated rings. The predicted molar refractivity (Wildman–Crippen MR) is 114 cm³/mol. The fraction of sp³-hybridized carbons (Fsp3) is 0.500. The Morgan fingerprint density at radius 2 is 1.59 bits per heavy atom. The number of nitrogens with zero attached hydrogens (tertiary/aromatic N) is 2. The zero-order valence-corrected chi connectivity index (χ0v) is 17.5. The van der Waals surface area contributed by atoms with Gasteiger partial charge in [0.15, 0.2) is 0 Å². The molecule has 2 aromatic carbocycles. The van der Waals surface area contributed by atoms with E-state index in [4.69, 9.17) is 9.47 Å². The molecule has 0 amide bonds. The number of hydrogen-bond donors (Lipinski definition) is 1. The number of benzene rings is 2. The number of methoxy groups -OCH3 is 2. The molecule has 1 N–H and O–H groups in total. The van der Waals surface area contributed by atoms with Crippen LogP contribution in [0, 0.1) is 11.3 Å². The van der Waals surface area contributed by atoms with Crippen LogP contribution in [0.1, 0.15) is 17.5 Å². The maximum atomic E-state index is 10.3. The summed E-state index contributed by atoms with van der Waals surface area (Å²) in [6.45, 7) is 6.19. The highest BCUT2D eigenvalue weighted by Gasteiger charge is 2.48. The van der Waals surface area contributed by atoms with Crippen LogP contribution in [-0.4, -0.2) is 61.9 Å². The number of aliphatic hydroxyl groups is 1. The summed E-state index contributed by atoms with van der Waals surface area (Å²) in [5.41, 5.74) is 2.59. The van der Waals surface area contributed by atoms with E-state index in [1.165, 1.54) is 11.1 Å². The fourth-order valence-corrected chi connectivity index (χ4v) is 5.04. The molecule has 2 saturated heterocycles. The summed E-state index contributed by atoms with van der Waals surface area (Å²) < 4.78 is 10.8. The second kappa shape index (κ2) is 8.74. The second-order valence-corrected chi connectivity index (χ2v) is 8.58. The number of piperidine rings is 1. The van der Waals surface area contributed by atoms with E-state index in [0.717, 1.165) is 57.2 Å². The van der Waals surface area contributed by atoms with E-state index in [-0.39, 0.29) is 12.0 Å². The molecule has 4 rings (SSSR count). The molecule has 0 unspecified atom stereocenters. The van der Waals surface area contributed by atoms with Gasteiger partial charge in [-0.05, 0) is 42.1 Å². The molecular formula is C24H32N2O3. The van der Waals surface area contributed by atoms with E-state index in [0.29, 0.717) is 5.92 Å². The monoisotopic (exact) mass is 396 g/mol. The Hall–Kier alpha value is -2.08. The van der Waals surface area contributed by atoms with Crippen LogP contribution in [0.2, 0.25) is 0 Å². The van der Waals surface area contributed by atoms with Crippen molar-refractivity contribution in [2.45, 2.75) is 19.5 Å². The lowest BCUT2D eigenvalue weighted by Gasteiger charge is -2.42. The summed E-state index contributed by atoms with van der Waals surface area (Å²) in [5.74, 6) is 2.16. The molecule has 2 aliphatic rings. The molecule has 5 nitrogen and oxygen atoms in total. The van der Waals surface area contributed by atoms with Gasteiger partial charge in [0.25, 0.3) is 0 Å². The van der Waals surface area contributed by atoms with Crippen LogP contribution in [-0.2, 0) is 13.1 Å². The van der Waals surface area contributed by atoms with Crippen LogP contribution < -0.4 is 9.47 Å². The average Bonchev–Trinajstić information content (AvgIpc) is 3.11. The summed E-state index contributed by atoms with van der Waals surface area (Å²) in [7, 11) is 3.38. The first-order valence-corrected chi connectivity index (χ1v) is 10.5. The number of fused-ring (bicyclic) bond motifs is 1. The second-order valence-electron chi connectivity index (χ2n) is 8.58. The third kappa shape index (κ3) is 4.42. The normalized spacial score (nSPS) is 25.0. The molecule has 0 spiro atoms. The highest BCUT2D eigenvalue weighted by atomic mass is 16.5. The first-order valence-electron chi connectivity index (χ1n) is 10.5. The third-order valence-electron chi connectivity index (χ3n) is 6.67. The molecule has 5 heteroatoms. The first kappa shape index (κ1) is 20.2. The molecule has 0 aliphatic carbocycles. The Morgan fingerprint density at radius 1 is 0.931 bits per heavy atom. The molecule has 29 heavy (non-hydrogen) atoms. The zero-order valence-electron chi connectivity index (χ0n) is 17.5. The molecule has 0 saturated carbocycles. The van der Waals surface area contributed by atoms with Gasteiger partial charge in [-0.15, -0.1) is 0 Å². The van der Waals surface area contributed by atoms with Gasteiger partial charge in [-0.1, -0.05) is 30.3 Å². The summed E-state index contributed by atoms with van der Waals surface area (Å²) >= 11 is 0. The number of rotatable bonds is 7. The molecule has 0 aromatic heterocycles. The van der Waals surface area contributed by atoms with Gasteiger partial charge in [0.1, 0.15) is 11.5 Å². The van der Waals surface area contributed by atoms with Crippen molar-refractivity contribution in [1.82, 2.24) is 9.80 Å². The zero-order chi connectivity index (χ0) is 20.3. The largest absolute Gasteiger partial charge is 0.497 e. The number of hydrogen-bond acceptors (Lipinski definition) is 5. The fourth-order valence-electron chi connectivity index (χ4n) is 5.04. The minimum absolute atomic E-state index is 0.0390. The van der Waals surface area contributed by atoms with Gasteiger partial charge in [-0.25, -0.2) is 0 Å². The third-order valence-corrected chi connectivity index (χ3v) is 6.67. The molecule has 2 atom stereocenters. The lowest BCUT2D eigenvalue weighted by atomic mass is 9.73.